The number of nitrogens with zero attached hydrogens (tertiary/aromatic N) is 1. The summed E-state index contributed by atoms with van der Waals surface area (Å²) >= 11 is 0. The maximum absolute atomic E-state index is 13.2. The molecule has 1 aliphatic carbocycles. The first-order valence-electron chi connectivity index (χ1n) is 13.3. The summed E-state index contributed by atoms with van der Waals surface area (Å²) in [6.45, 7) is 3.05. The van der Waals surface area contributed by atoms with Crippen LogP contribution in [0.5, 0.6) is 0 Å². The predicted molar refractivity (Wildman–Crippen MR) is 146 cm³/mol. The minimum atomic E-state index is -0.531. The minimum Gasteiger partial charge on any atom is -0.352 e. The summed E-state index contributed by atoms with van der Waals surface area (Å²) in [7, 11) is 0. The van der Waals surface area contributed by atoms with E-state index in [-0.39, 0.29) is 23.9 Å². The largest absolute Gasteiger partial charge is 0.352 e. The van der Waals surface area contributed by atoms with Gasteiger partial charge in [-0.25, -0.2) is 0 Å². The van der Waals surface area contributed by atoms with Gasteiger partial charge in [-0.3, -0.25) is 19.2 Å². The van der Waals surface area contributed by atoms with E-state index in [4.69, 9.17) is 0 Å². The Morgan fingerprint density at radius 2 is 1.63 bits per heavy atom. The van der Waals surface area contributed by atoms with Crippen molar-refractivity contribution in [3.05, 3.63) is 95.6 Å². The number of allylic oxidation sites excluding steroid dienone is 2. The van der Waals surface area contributed by atoms with E-state index in [1.807, 2.05) is 55.5 Å². The van der Waals surface area contributed by atoms with E-state index in [1.54, 1.807) is 11.0 Å². The van der Waals surface area contributed by atoms with Gasteiger partial charge in [0.2, 0.25) is 23.4 Å². The van der Waals surface area contributed by atoms with Crippen LogP contribution in [-0.2, 0) is 32.1 Å². The van der Waals surface area contributed by atoms with Crippen molar-refractivity contribution in [1.29, 1.82) is 0 Å². The molecule has 0 radical (unpaired) electrons. The second kappa shape index (κ2) is 13.1. The van der Waals surface area contributed by atoms with E-state index in [0.717, 1.165) is 30.5 Å². The summed E-state index contributed by atoms with van der Waals surface area (Å²) < 4.78 is 0. The van der Waals surface area contributed by atoms with Crippen LogP contribution >= 0.6 is 0 Å². The molecule has 2 aromatic rings. The molecule has 38 heavy (non-hydrogen) atoms. The quantitative estimate of drug-likeness (QED) is 0.258. The van der Waals surface area contributed by atoms with Crippen LogP contribution in [0.2, 0.25) is 0 Å². The van der Waals surface area contributed by atoms with Crippen molar-refractivity contribution >= 4 is 23.4 Å². The van der Waals surface area contributed by atoms with Crippen molar-refractivity contribution in [2.75, 3.05) is 6.54 Å². The molecule has 2 N–H and O–H groups in total. The highest BCUT2D eigenvalue weighted by Gasteiger charge is 2.36. The summed E-state index contributed by atoms with van der Waals surface area (Å²) in [6.07, 6.45) is 7.61. The van der Waals surface area contributed by atoms with Crippen LogP contribution in [-0.4, -0.2) is 53.0 Å². The Labute approximate surface area is 224 Å². The topological polar surface area (TPSA) is 95.6 Å². The van der Waals surface area contributed by atoms with Gasteiger partial charge in [-0.1, -0.05) is 66.7 Å². The monoisotopic (exact) mass is 513 g/mol. The van der Waals surface area contributed by atoms with Gasteiger partial charge in [-0.05, 0) is 68.0 Å². The first kappa shape index (κ1) is 27.2. The second-order valence-electron chi connectivity index (χ2n) is 10.0. The second-order valence-corrected chi connectivity index (χ2v) is 10.0. The van der Waals surface area contributed by atoms with Crippen LogP contribution in [0, 0.1) is 0 Å². The molecule has 2 aromatic carbocycles. The molecular weight excluding hydrogens is 478 g/mol. The van der Waals surface area contributed by atoms with Crippen molar-refractivity contribution in [2.24, 2.45) is 0 Å². The van der Waals surface area contributed by atoms with Crippen LogP contribution in [0.15, 0.2) is 84.5 Å². The molecule has 1 saturated heterocycles. The first-order chi connectivity index (χ1) is 18.4. The Hall–Kier alpha value is -3.84. The van der Waals surface area contributed by atoms with E-state index in [1.165, 1.54) is 17.7 Å². The lowest BCUT2D eigenvalue weighted by atomic mass is 9.94. The maximum atomic E-state index is 13.2. The van der Waals surface area contributed by atoms with Gasteiger partial charge in [-0.15, -0.1) is 0 Å². The fraction of sp³-hybridized carbons (Fsp3) is 0.355. The van der Waals surface area contributed by atoms with Crippen LogP contribution in [0.25, 0.3) is 0 Å². The molecule has 7 heteroatoms. The molecule has 198 valence electrons. The highest BCUT2D eigenvalue weighted by molar-refractivity contribution is 6.46. The number of ketones is 2. The molecule has 0 saturated carbocycles. The van der Waals surface area contributed by atoms with Crippen molar-refractivity contribution < 1.29 is 19.2 Å². The average molecular weight is 514 g/mol. The lowest BCUT2D eigenvalue weighted by Crippen LogP contribution is -2.48. The third kappa shape index (κ3) is 7.35. The Morgan fingerprint density at radius 3 is 2.32 bits per heavy atom. The van der Waals surface area contributed by atoms with Gasteiger partial charge in [0, 0.05) is 25.0 Å². The van der Waals surface area contributed by atoms with E-state index >= 15 is 0 Å². The zero-order valence-electron chi connectivity index (χ0n) is 21.8. The van der Waals surface area contributed by atoms with Crippen molar-refractivity contribution in [3.63, 3.8) is 0 Å². The maximum Gasteiger partial charge on any atom is 0.243 e. The summed E-state index contributed by atoms with van der Waals surface area (Å²) in [4.78, 5) is 51.2. The number of hydrogen-bond donors (Lipinski definition) is 2. The minimum absolute atomic E-state index is 0.0136. The number of aryl methyl sites for hydroxylation is 1. The number of rotatable bonds is 12. The standard InChI is InChI=1S/C31H35N3O4/c1-22(33-31(38)27-15-17-30(37)34(27)21-24-11-6-3-7-12-24)19-26(25-14-16-28(35)29(36)20-25)32-18-8-13-23-9-4-2-5-10-23/h2-7,9-12,14,16,20,22,26-27,32H,8,13,15,17-19,21H2,1H3,(H,33,38). The van der Waals surface area contributed by atoms with E-state index in [2.05, 4.69) is 22.8 Å². The summed E-state index contributed by atoms with van der Waals surface area (Å²) in [5, 5.41) is 6.61. The molecule has 7 nitrogen and oxygen atoms in total. The Bertz CT molecular complexity index is 1210. The molecule has 2 amide bonds. The highest BCUT2D eigenvalue weighted by Crippen LogP contribution is 2.22. The fourth-order valence-corrected chi connectivity index (χ4v) is 5.03. The zero-order chi connectivity index (χ0) is 26.9. The van der Waals surface area contributed by atoms with Gasteiger partial charge in [-0.2, -0.15) is 0 Å². The molecule has 1 aliphatic heterocycles. The molecule has 1 fully saturated rings. The van der Waals surface area contributed by atoms with Gasteiger partial charge in [0.15, 0.2) is 0 Å². The Balaban J connectivity index is 1.36. The van der Waals surface area contributed by atoms with Gasteiger partial charge in [0.05, 0.1) is 0 Å². The predicted octanol–water partition coefficient (Wildman–Crippen LogP) is 3.30. The average Bonchev–Trinajstić information content (AvgIpc) is 3.28. The molecule has 3 atom stereocenters. The smallest absolute Gasteiger partial charge is 0.243 e. The van der Waals surface area contributed by atoms with Crippen molar-refractivity contribution in [2.45, 2.75) is 63.7 Å². The first-order valence-corrected chi connectivity index (χ1v) is 13.3. The number of nitrogens with one attached hydrogen (secondary N) is 2. The number of likely N-dealkylation sites (tertiary alicyclic amines) is 1. The van der Waals surface area contributed by atoms with Gasteiger partial charge in [0.1, 0.15) is 6.04 Å². The van der Waals surface area contributed by atoms with Crippen molar-refractivity contribution in [3.8, 4) is 0 Å². The lowest BCUT2D eigenvalue weighted by Gasteiger charge is -2.28. The number of benzene rings is 2. The Kier molecular flexibility index (Phi) is 9.38. The molecule has 0 bridgehead atoms. The fourth-order valence-electron chi connectivity index (χ4n) is 5.03. The SMILES string of the molecule is CC(CC(NCCCc1ccccc1)C1=CC(=O)C(=O)C=C1)NC(=O)C1CCC(=O)N1Cc1ccccc1. The lowest BCUT2D eigenvalue weighted by molar-refractivity contribution is -0.136. The van der Waals surface area contributed by atoms with Gasteiger partial charge in [0.25, 0.3) is 0 Å². The number of amides is 2. The summed E-state index contributed by atoms with van der Waals surface area (Å²) in [5.74, 6) is -1.24. The molecule has 3 unspecified atom stereocenters. The molecule has 0 spiro atoms. The number of hydrogen-bond acceptors (Lipinski definition) is 5. The normalized spacial score (nSPS) is 18.9. The summed E-state index contributed by atoms with van der Waals surface area (Å²) in [5.41, 5.74) is 2.98. The molecule has 4 rings (SSSR count). The van der Waals surface area contributed by atoms with Crippen molar-refractivity contribution in [1.82, 2.24) is 15.5 Å². The van der Waals surface area contributed by atoms with Crippen LogP contribution in [0.1, 0.15) is 43.7 Å². The van der Waals surface area contributed by atoms with Crippen LogP contribution in [0.4, 0.5) is 0 Å². The van der Waals surface area contributed by atoms with E-state index < -0.39 is 17.6 Å². The van der Waals surface area contributed by atoms with Crippen LogP contribution < -0.4 is 10.6 Å². The zero-order valence-corrected chi connectivity index (χ0v) is 21.8. The summed E-state index contributed by atoms with van der Waals surface area (Å²) in [6, 6.07) is 19.0. The molecule has 0 aromatic heterocycles. The van der Waals surface area contributed by atoms with Crippen LogP contribution in [0.3, 0.4) is 0 Å². The Morgan fingerprint density at radius 1 is 0.947 bits per heavy atom. The third-order valence-corrected chi connectivity index (χ3v) is 7.05. The molecule has 2 aliphatic rings. The van der Waals surface area contributed by atoms with Gasteiger partial charge >= 0.3 is 0 Å². The third-order valence-electron chi connectivity index (χ3n) is 7.05. The highest BCUT2D eigenvalue weighted by atomic mass is 16.2. The molecular formula is C31H35N3O4. The van der Waals surface area contributed by atoms with E-state index in [9.17, 15) is 19.2 Å². The van der Waals surface area contributed by atoms with E-state index in [0.29, 0.717) is 25.8 Å². The number of carbonyl (C=O) groups is 4. The van der Waals surface area contributed by atoms with Gasteiger partial charge < -0.3 is 15.5 Å². The molecule has 1 heterocycles. The number of carbonyl (C=O) groups excluding carboxylic acids is 4.